The summed E-state index contributed by atoms with van der Waals surface area (Å²) in [7, 11) is 0. The lowest BCUT2D eigenvalue weighted by molar-refractivity contribution is -0.145. The van der Waals surface area contributed by atoms with E-state index in [0.29, 0.717) is 79.0 Å². The van der Waals surface area contributed by atoms with Crippen molar-refractivity contribution in [3.8, 4) is 0 Å². The van der Waals surface area contributed by atoms with E-state index in [1.165, 1.54) is 0 Å². The first kappa shape index (κ1) is 31.8. The molecule has 0 aliphatic carbocycles. The molecule has 1 amide bonds. The van der Waals surface area contributed by atoms with Crippen molar-refractivity contribution in [2.75, 3.05) is 79.2 Å². The molecule has 0 aromatic heterocycles. The fourth-order valence-corrected chi connectivity index (χ4v) is 2.79. The SMILES string of the molecule is CCCCCC(=O)OCCOCCOCCOCCOCCOCCNC(=O)OCc1ccccc1. The van der Waals surface area contributed by atoms with Crippen molar-refractivity contribution in [2.45, 2.75) is 39.2 Å². The third-order valence-corrected chi connectivity index (χ3v) is 4.69. The van der Waals surface area contributed by atoms with Gasteiger partial charge in [-0.1, -0.05) is 50.1 Å². The number of esters is 1. The second-order valence-electron chi connectivity index (χ2n) is 7.73. The maximum absolute atomic E-state index is 11.6. The first-order chi connectivity index (χ1) is 17.7. The molecule has 1 aromatic carbocycles. The van der Waals surface area contributed by atoms with Crippen LogP contribution in [0, 0.1) is 0 Å². The number of unbranched alkanes of at least 4 members (excludes halogenated alkanes) is 2. The minimum Gasteiger partial charge on any atom is -0.463 e. The lowest BCUT2D eigenvalue weighted by Crippen LogP contribution is -2.28. The number of ether oxygens (including phenoxy) is 7. The van der Waals surface area contributed by atoms with E-state index in [4.69, 9.17) is 33.2 Å². The van der Waals surface area contributed by atoms with Crippen molar-refractivity contribution < 1.29 is 42.7 Å². The lowest BCUT2D eigenvalue weighted by atomic mass is 10.2. The van der Waals surface area contributed by atoms with Gasteiger partial charge in [-0.2, -0.15) is 0 Å². The number of benzene rings is 1. The van der Waals surface area contributed by atoms with Crippen molar-refractivity contribution in [1.29, 1.82) is 0 Å². The Morgan fingerprint density at radius 2 is 1.19 bits per heavy atom. The van der Waals surface area contributed by atoms with Gasteiger partial charge in [0.25, 0.3) is 0 Å². The van der Waals surface area contributed by atoms with Gasteiger partial charge < -0.3 is 38.5 Å². The molecule has 0 bridgehead atoms. The highest BCUT2D eigenvalue weighted by Crippen LogP contribution is 2.01. The van der Waals surface area contributed by atoms with Crippen LogP contribution in [0.1, 0.15) is 38.2 Å². The van der Waals surface area contributed by atoms with Crippen LogP contribution in [0.4, 0.5) is 4.79 Å². The Kier molecular flexibility index (Phi) is 21.6. The zero-order chi connectivity index (χ0) is 25.9. The van der Waals surface area contributed by atoms with Crippen molar-refractivity contribution in [1.82, 2.24) is 5.32 Å². The minimum absolute atomic E-state index is 0.164. The van der Waals surface area contributed by atoms with E-state index >= 15 is 0 Å². The zero-order valence-electron chi connectivity index (χ0n) is 21.6. The molecule has 206 valence electrons. The van der Waals surface area contributed by atoms with Gasteiger partial charge in [-0.3, -0.25) is 4.79 Å². The molecular weight excluding hydrogens is 470 g/mol. The summed E-state index contributed by atoms with van der Waals surface area (Å²) in [5, 5.41) is 2.63. The molecule has 1 rings (SSSR count). The molecule has 0 aliphatic heterocycles. The molecule has 10 heteroatoms. The van der Waals surface area contributed by atoms with Crippen LogP contribution in [0.25, 0.3) is 0 Å². The summed E-state index contributed by atoms with van der Waals surface area (Å²) in [5.41, 5.74) is 0.938. The summed E-state index contributed by atoms with van der Waals surface area (Å²) in [6.45, 7) is 7.40. The van der Waals surface area contributed by atoms with Crippen LogP contribution < -0.4 is 5.32 Å². The lowest BCUT2D eigenvalue weighted by Gasteiger charge is -2.09. The Balaban J connectivity index is 1.71. The molecule has 0 saturated carbocycles. The number of amides is 1. The molecule has 10 nitrogen and oxygen atoms in total. The number of alkyl carbamates (subject to hydrolysis) is 1. The van der Waals surface area contributed by atoms with Crippen molar-refractivity contribution >= 4 is 12.1 Å². The molecule has 0 unspecified atom stereocenters. The Labute approximate surface area is 214 Å². The first-order valence-electron chi connectivity index (χ1n) is 12.7. The fraction of sp³-hybridized carbons (Fsp3) is 0.692. The summed E-state index contributed by atoms with van der Waals surface area (Å²) in [6, 6.07) is 9.50. The molecule has 0 saturated heterocycles. The largest absolute Gasteiger partial charge is 0.463 e. The van der Waals surface area contributed by atoms with Crippen molar-refractivity contribution in [3.05, 3.63) is 35.9 Å². The average molecular weight is 514 g/mol. The predicted octanol–water partition coefficient (Wildman–Crippen LogP) is 3.12. The Morgan fingerprint density at radius 1 is 0.667 bits per heavy atom. The van der Waals surface area contributed by atoms with Gasteiger partial charge in [0.05, 0.1) is 66.1 Å². The van der Waals surface area contributed by atoms with E-state index in [1.54, 1.807) is 0 Å². The van der Waals surface area contributed by atoms with E-state index in [1.807, 2.05) is 30.3 Å². The highest BCUT2D eigenvalue weighted by molar-refractivity contribution is 5.69. The summed E-state index contributed by atoms with van der Waals surface area (Å²) >= 11 is 0. The standard InChI is InChI=1S/C26H43NO9/c1-2-3-5-10-25(28)35-22-21-34-20-19-33-18-17-32-16-15-31-14-13-30-12-11-27-26(29)36-23-24-8-6-4-7-9-24/h4,6-9H,2-3,5,10-23H2,1H3,(H,27,29). The fourth-order valence-electron chi connectivity index (χ4n) is 2.79. The predicted molar refractivity (Wildman–Crippen MR) is 134 cm³/mol. The van der Waals surface area contributed by atoms with Gasteiger partial charge in [0.2, 0.25) is 0 Å². The van der Waals surface area contributed by atoms with Crippen LogP contribution in [0.2, 0.25) is 0 Å². The van der Waals surface area contributed by atoms with Crippen LogP contribution in [0.5, 0.6) is 0 Å². The van der Waals surface area contributed by atoms with E-state index in [-0.39, 0.29) is 19.2 Å². The van der Waals surface area contributed by atoms with E-state index in [2.05, 4.69) is 12.2 Å². The minimum atomic E-state index is -0.469. The molecule has 1 N–H and O–H groups in total. The van der Waals surface area contributed by atoms with Gasteiger partial charge in [0.1, 0.15) is 13.2 Å². The molecule has 0 spiro atoms. The highest BCUT2D eigenvalue weighted by Gasteiger charge is 2.03. The second kappa shape index (κ2) is 24.5. The zero-order valence-corrected chi connectivity index (χ0v) is 21.6. The molecule has 36 heavy (non-hydrogen) atoms. The summed E-state index contributed by atoms with van der Waals surface area (Å²) in [6.07, 6.45) is 3.01. The van der Waals surface area contributed by atoms with Crippen LogP contribution in [0.15, 0.2) is 30.3 Å². The van der Waals surface area contributed by atoms with Gasteiger partial charge in [-0.05, 0) is 12.0 Å². The third-order valence-electron chi connectivity index (χ3n) is 4.69. The summed E-state index contributed by atoms with van der Waals surface area (Å²) in [4.78, 5) is 23.0. The number of carbonyl (C=O) groups excluding carboxylic acids is 2. The Hall–Kier alpha value is -2.24. The smallest absolute Gasteiger partial charge is 0.407 e. The van der Waals surface area contributed by atoms with Crippen LogP contribution in [-0.4, -0.2) is 91.3 Å². The van der Waals surface area contributed by atoms with Crippen LogP contribution >= 0.6 is 0 Å². The summed E-state index contributed by atoms with van der Waals surface area (Å²) in [5.74, 6) is -0.164. The molecule has 0 aliphatic rings. The molecular formula is C26H43NO9. The summed E-state index contributed by atoms with van der Waals surface area (Å²) < 4.78 is 37.2. The van der Waals surface area contributed by atoms with E-state index in [9.17, 15) is 9.59 Å². The first-order valence-corrected chi connectivity index (χ1v) is 12.7. The number of hydrogen-bond acceptors (Lipinski definition) is 9. The maximum atomic E-state index is 11.6. The maximum Gasteiger partial charge on any atom is 0.407 e. The normalized spacial score (nSPS) is 10.8. The van der Waals surface area contributed by atoms with E-state index in [0.717, 1.165) is 24.8 Å². The van der Waals surface area contributed by atoms with Gasteiger partial charge in [-0.25, -0.2) is 4.79 Å². The molecule has 0 radical (unpaired) electrons. The topological polar surface area (TPSA) is 111 Å². The number of hydrogen-bond donors (Lipinski definition) is 1. The number of carbonyl (C=O) groups is 2. The Morgan fingerprint density at radius 3 is 1.75 bits per heavy atom. The molecule has 1 aromatic rings. The number of nitrogens with one attached hydrogen (secondary N) is 1. The molecule has 0 atom stereocenters. The molecule has 0 heterocycles. The van der Waals surface area contributed by atoms with E-state index < -0.39 is 6.09 Å². The third kappa shape index (κ3) is 21.1. The van der Waals surface area contributed by atoms with Crippen molar-refractivity contribution in [3.63, 3.8) is 0 Å². The number of rotatable bonds is 24. The van der Waals surface area contributed by atoms with Gasteiger partial charge in [0.15, 0.2) is 0 Å². The van der Waals surface area contributed by atoms with Gasteiger partial charge in [-0.15, -0.1) is 0 Å². The molecule has 0 fully saturated rings. The van der Waals surface area contributed by atoms with Crippen LogP contribution in [-0.2, 0) is 44.6 Å². The quantitative estimate of drug-likeness (QED) is 0.165. The van der Waals surface area contributed by atoms with Gasteiger partial charge >= 0.3 is 12.1 Å². The monoisotopic (exact) mass is 513 g/mol. The van der Waals surface area contributed by atoms with Crippen LogP contribution in [0.3, 0.4) is 0 Å². The highest BCUT2D eigenvalue weighted by atomic mass is 16.6. The van der Waals surface area contributed by atoms with Gasteiger partial charge in [0, 0.05) is 13.0 Å². The van der Waals surface area contributed by atoms with Crippen molar-refractivity contribution in [2.24, 2.45) is 0 Å². The second-order valence-corrected chi connectivity index (χ2v) is 7.73. The average Bonchev–Trinajstić information content (AvgIpc) is 2.89. The Bertz CT molecular complexity index is 646.